The van der Waals surface area contributed by atoms with Crippen LogP contribution in [0.25, 0.3) is 11.0 Å². The molecule has 0 aliphatic carbocycles. The standard InChI is InChI=1S/C30H22ClN3O6S2/c1-38-20-7-3-5-17(13-20)24-23(25(35)22-14-18-6-4-8-21(39-2)27(18)40-22)26(36)28(37)34(24)29-32-33-30(42-29)41-15-16-9-11-19(31)12-10-16/h3-14,24,36H,15H2,1-2H3. The molecule has 3 heterocycles. The van der Waals surface area contributed by atoms with Crippen molar-refractivity contribution in [3.8, 4) is 11.5 Å². The number of ketones is 1. The first-order chi connectivity index (χ1) is 20.4. The molecule has 1 aliphatic rings. The molecule has 5 aromatic rings. The van der Waals surface area contributed by atoms with Crippen LogP contribution in [0.1, 0.15) is 27.7 Å². The zero-order valence-electron chi connectivity index (χ0n) is 22.2. The van der Waals surface area contributed by atoms with Crippen LogP contribution in [0.5, 0.6) is 11.5 Å². The van der Waals surface area contributed by atoms with E-state index in [1.54, 1.807) is 48.5 Å². The Morgan fingerprint density at radius 1 is 1.07 bits per heavy atom. The van der Waals surface area contributed by atoms with E-state index in [0.29, 0.717) is 43.1 Å². The van der Waals surface area contributed by atoms with Crippen LogP contribution in [-0.2, 0) is 10.5 Å². The maximum absolute atomic E-state index is 14.0. The number of methoxy groups -OCH3 is 2. The third-order valence-corrected chi connectivity index (χ3v) is 9.07. The van der Waals surface area contributed by atoms with Crippen molar-refractivity contribution in [1.29, 1.82) is 0 Å². The number of para-hydroxylation sites is 1. The normalized spacial score (nSPS) is 15.1. The molecule has 0 saturated carbocycles. The molecule has 12 heteroatoms. The maximum Gasteiger partial charge on any atom is 0.296 e. The monoisotopic (exact) mass is 619 g/mol. The summed E-state index contributed by atoms with van der Waals surface area (Å²) in [7, 11) is 3.02. The molecule has 0 bridgehead atoms. The lowest BCUT2D eigenvalue weighted by atomic mass is 9.95. The van der Waals surface area contributed by atoms with Crippen molar-refractivity contribution in [2.75, 3.05) is 19.1 Å². The second-order valence-electron chi connectivity index (χ2n) is 9.20. The number of hydrogen-bond acceptors (Lipinski definition) is 10. The molecule has 0 spiro atoms. The van der Waals surface area contributed by atoms with Crippen molar-refractivity contribution in [1.82, 2.24) is 10.2 Å². The molecule has 6 rings (SSSR count). The first-order valence-corrected chi connectivity index (χ1v) is 14.8. The highest BCUT2D eigenvalue weighted by molar-refractivity contribution is 8.00. The van der Waals surface area contributed by atoms with Gasteiger partial charge in [0.25, 0.3) is 5.91 Å². The Balaban J connectivity index is 1.38. The third kappa shape index (κ3) is 5.11. The Bertz CT molecular complexity index is 1850. The van der Waals surface area contributed by atoms with Gasteiger partial charge >= 0.3 is 0 Å². The number of thioether (sulfide) groups is 1. The van der Waals surface area contributed by atoms with E-state index in [1.165, 1.54) is 42.2 Å². The highest BCUT2D eigenvalue weighted by Gasteiger charge is 2.47. The van der Waals surface area contributed by atoms with E-state index in [0.717, 1.165) is 5.56 Å². The number of anilines is 1. The van der Waals surface area contributed by atoms with Gasteiger partial charge in [-0.15, -0.1) is 10.2 Å². The van der Waals surface area contributed by atoms with E-state index in [-0.39, 0.29) is 16.5 Å². The predicted octanol–water partition coefficient (Wildman–Crippen LogP) is 7.03. The van der Waals surface area contributed by atoms with Crippen molar-refractivity contribution in [2.45, 2.75) is 16.1 Å². The first kappa shape index (κ1) is 27.8. The number of aromatic nitrogens is 2. The van der Waals surface area contributed by atoms with Crippen molar-refractivity contribution in [3.05, 3.63) is 106 Å². The number of nitrogens with zero attached hydrogens (tertiary/aromatic N) is 3. The Morgan fingerprint density at radius 3 is 2.62 bits per heavy atom. The van der Waals surface area contributed by atoms with Crippen LogP contribution >= 0.6 is 34.7 Å². The average molecular weight is 620 g/mol. The van der Waals surface area contributed by atoms with E-state index < -0.39 is 23.5 Å². The van der Waals surface area contributed by atoms with E-state index in [9.17, 15) is 14.7 Å². The fraction of sp³-hybridized carbons (Fsp3) is 0.133. The van der Waals surface area contributed by atoms with Crippen molar-refractivity contribution in [2.24, 2.45) is 0 Å². The molecular weight excluding hydrogens is 598 g/mol. The van der Waals surface area contributed by atoms with Crippen molar-refractivity contribution >= 4 is 62.5 Å². The topological polar surface area (TPSA) is 115 Å². The number of hydrogen-bond donors (Lipinski definition) is 1. The molecule has 1 atom stereocenters. The minimum atomic E-state index is -1.02. The number of carbonyl (C=O) groups excluding carboxylic acids is 2. The molecule has 0 fully saturated rings. The summed E-state index contributed by atoms with van der Waals surface area (Å²) in [6, 6.07) is 20.2. The highest BCUT2D eigenvalue weighted by Crippen LogP contribution is 2.45. The van der Waals surface area contributed by atoms with Crippen molar-refractivity contribution in [3.63, 3.8) is 0 Å². The number of aliphatic hydroxyl groups is 1. The predicted molar refractivity (Wildman–Crippen MR) is 161 cm³/mol. The Hall–Kier alpha value is -4.32. The van der Waals surface area contributed by atoms with Gasteiger partial charge in [-0.1, -0.05) is 71.1 Å². The minimum absolute atomic E-state index is 0.0462. The largest absolute Gasteiger partial charge is 0.503 e. The molecule has 1 N–H and O–H groups in total. The zero-order valence-corrected chi connectivity index (χ0v) is 24.6. The summed E-state index contributed by atoms with van der Waals surface area (Å²) in [5.41, 5.74) is 1.82. The molecule has 0 radical (unpaired) electrons. The van der Waals surface area contributed by atoms with Gasteiger partial charge in [0.05, 0.1) is 25.8 Å². The fourth-order valence-corrected chi connectivity index (χ4v) is 6.64. The van der Waals surface area contributed by atoms with Crippen LogP contribution in [0.4, 0.5) is 5.13 Å². The lowest BCUT2D eigenvalue weighted by Gasteiger charge is -2.24. The summed E-state index contributed by atoms with van der Waals surface area (Å²) >= 11 is 8.62. The van der Waals surface area contributed by atoms with Gasteiger partial charge in [0, 0.05) is 16.2 Å². The van der Waals surface area contributed by atoms with E-state index in [1.807, 2.05) is 24.3 Å². The fourth-order valence-electron chi connectivity index (χ4n) is 4.69. The van der Waals surface area contributed by atoms with Gasteiger partial charge in [-0.3, -0.25) is 14.5 Å². The van der Waals surface area contributed by atoms with Gasteiger partial charge in [-0.2, -0.15) is 0 Å². The third-order valence-electron chi connectivity index (χ3n) is 6.69. The highest BCUT2D eigenvalue weighted by atomic mass is 35.5. The lowest BCUT2D eigenvalue weighted by molar-refractivity contribution is -0.117. The number of rotatable bonds is 9. The summed E-state index contributed by atoms with van der Waals surface area (Å²) in [6.07, 6.45) is 0. The zero-order chi connectivity index (χ0) is 29.4. The average Bonchev–Trinajstić information content (AvgIpc) is 3.73. The lowest BCUT2D eigenvalue weighted by Crippen LogP contribution is -2.31. The minimum Gasteiger partial charge on any atom is -0.503 e. The van der Waals surface area contributed by atoms with E-state index in [2.05, 4.69) is 10.2 Å². The summed E-state index contributed by atoms with van der Waals surface area (Å²) in [4.78, 5) is 28.8. The SMILES string of the molecule is COc1cccc(C2C(C(=O)c3cc4cccc(OC)c4o3)=C(O)C(=O)N2c2nnc(SCc3ccc(Cl)cc3)s2)c1. The van der Waals surface area contributed by atoms with Gasteiger partial charge < -0.3 is 19.0 Å². The molecule has 9 nitrogen and oxygen atoms in total. The van der Waals surface area contributed by atoms with E-state index in [4.69, 9.17) is 25.5 Å². The molecule has 3 aromatic carbocycles. The van der Waals surface area contributed by atoms with Crippen LogP contribution in [0, 0.1) is 0 Å². The maximum atomic E-state index is 14.0. The number of ether oxygens (including phenoxy) is 2. The number of Topliss-reactive ketones (excluding diaryl/α,β-unsaturated/α-hetero) is 1. The van der Waals surface area contributed by atoms with E-state index >= 15 is 0 Å². The Labute approximate surface area is 253 Å². The summed E-state index contributed by atoms with van der Waals surface area (Å²) in [6.45, 7) is 0. The second-order valence-corrected chi connectivity index (χ2v) is 11.8. The molecule has 2 aromatic heterocycles. The molecule has 1 unspecified atom stereocenters. The van der Waals surface area contributed by atoms with Gasteiger partial charge in [-0.25, -0.2) is 0 Å². The smallest absolute Gasteiger partial charge is 0.296 e. The van der Waals surface area contributed by atoms with Gasteiger partial charge in [-0.05, 0) is 47.5 Å². The number of fused-ring (bicyclic) bond motifs is 1. The summed E-state index contributed by atoms with van der Waals surface area (Å²) in [5, 5.41) is 21.2. The van der Waals surface area contributed by atoms with Crippen LogP contribution in [0.3, 0.4) is 0 Å². The summed E-state index contributed by atoms with van der Waals surface area (Å²) < 4.78 is 17.3. The number of halogens is 1. The quantitative estimate of drug-likeness (QED) is 0.105. The number of benzene rings is 3. The van der Waals surface area contributed by atoms with Crippen LogP contribution in [0.2, 0.25) is 5.02 Å². The molecule has 0 saturated heterocycles. The summed E-state index contributed by atoms with van der Waals surface area (Å²) in [5.74, 6) is -0.567. The molecule has 212 valence electrons. The number of furan rings is 1. The molecule has 42 heavy (non-hydrogen) atoms. The van der Waals surface area contributed by atoms with Crippen LogP contribution in [0.15, 0.2) is 92.9 Å². The number of carbonyl (C=O) groups is 2. The first-order valence-electron chi connectivity index (χ1n) is 12.6. The number of amides is 1. The molecule has 1 amide bonds. The Morgan fingerprint density at radius 2 is 1.86 bits per heavy atom. The van der Waals surface area contributed by atoms with Crippen LogP contribution < -0.4 is 14.4 Å². The van der Waals surface area contributed by atoms with Gasteiger partial charge in [0.1, 0.15) is 5.75 Å². The molecule has 1 aliphatic heterocycles. The van der Waals surface area contributed by atoms with Crippen LogP contribution in [-0.4, -0.2) is 41.2 Å². The second kappa shape index (κ2) is 11.5. The van der Waals surface area contributed by atoms with Gasteiger partial charge in [0.2, 0.25) is 10.9 Å². The Kier molecular flexibility index (Phi) is 7.63. The molecular formula is C30H22ClN3O6S2. The number of aliphatic hydroxyl groups excluding tert-OH is 1. The van der Waals surface area contributed by atoms with Crippen molar-refractivity contribution < 1.29 is 28.6 Å². The van der Waals surface area contributed by atoms with Gasteiger partial charge in [0.15, 0.2) is 27.2 Å².